The van der Waals surface area contributed by atoms with E-state index in [1.54, 1.807) is 14.2 Å². The van der Waals surface area contributed by atoms with Crippen molar-refractivity contribution in [2.45, 2.75) is 24.0 Å². The number of ether oxygens (including phenoxy) is 2. The second-order valence-corrected chi connectivity index (χ2v) is 7.15. The summed E-state index contributed by atoms with van der Waals surface area (Å²) in [5.74, 6) is 1.76. The summed E-state index contributed by atoms with van der Waals surface area (Å²) in [6, 6.07) is 7.48. The highest BCUT2D eigenvalue weighted by Gasteiger charge is 2.32. The molecular weight excluding hydrogens is 378 g/mol. The van der Waals surface area contributed by atoms with Crippen LogP contribution in [0.3, 0.4) is 0 Å². The summed E-state index contributed by atoms with van der Waals surface area (Å²) in [5.41, 5.74) is 6.87. The monoisotopic (exact) mass is 399 g/mol. The van der Waals surface area contributed by atoms with E-state index in [1.807, 2.05) is 29.2 Å². The maximum atomic E-state index is 12.9. The number of anilines is 1. The number of nitrogens with two attached hydrogens (primary N) is 1. The maximum absolute atomic E-state index is 12.9. The first-order valence-corrected chi connectivity index (χ1v) is 9.72. The van der Waals surface area contributed by atoms with Gasteiger partial charge < -0.3 is 20.1 Å². The zero-order valence-corrected chi connectivity index (χ0v) is 16.5. The van der Waals surface area contributed by atoms with Gasteiger partial charge in [-0.15, -0.1) is 0 Å². The first-order valence-electron chi connectivity index (χ1n) is 8.74. The van der Waals surface area contributed by atoms with Gasteiger partial charge in [0, 0.05) is 12.1 Å². The van der Waals surface area contributed by atoms with Crippen LogP contribution in [0.15, 0.2) is 29.6 Å². The third-order valence-corrected chi connectivity index (χ3v) is 5.46. The van der Waals surface area contributed by atoms with Crippen molar-refractivity contribution >= 4 is 23.5 Å². The van der Waals surface area contributed by atoms with Crippen molar-refractivity contribution in [3.63, 3.8) is 0 Å². The fourth-order valence-electron chi connectivity index (χ4n) is 3.23. The highest BCUT2D eigenvalue weighted by molar-refractivity contribution is 7.99. The van der Waals surface area contributed by atoms with Crippen LogP contribution in [0.5, 0.6) is 11.5 Å². The van der Waals surface area contributed by atoms with Crippen molar-refractivity contribution in [2.75, 3.05) is 32.3 Å². The average molecular weight is 399 g/mol. The van der Waals surface area contributed by atoms with E-state index in [0.717, 1.165) is 29.9 Å². The molecule has 1 aromatic heterocycles. The minimum atomic E-state index is -0.0647. The van der Waals surface area contributed by atoms with Crippen molar-refractivity contribution in [1.82, 2.24) is 14.9 Å². The van der Waals surface area contributed by atoms with E-state index in [-0.39, 0.29) is 29.1 Å². The Morgan fingerprint density at radius 1 is 1.43 bits per heavy atom. The molecule has 0 unspecified atom stereocenters. The molecule has 1 aromatic carbocycles. The molecule has 9 heteroatoms. The number of aromatic nitrogens is 2. The van der Waals surface area contributed by atoms with Gasteiger partial charge in [0.25, 0.3) is 0 Å². The van der Waals surface area contributed by atoms with Crippen LogP contribution in [-0.2, 0) is 4.79 Å². The molecule has 2 aromatic rings. The van der Waals surface area contributed by atoms with E-state index in [4.69, 9.17) is 20.5 Å². The Labute approximate surface area is 167 Å². The molecule has 2 heterocycles. The van der Waals surface area contributed by atoms with E-state index in [2.05, 4.69) is 9.97 Å². The Hall–Kier alpha value is -2.99. The molecular formula is C19H21N5O3S. The normalized spacial score (nSPS) is 15.9. The third-order valence-electron chi connectivity index (χ3n) is 4.61. The highest BCUT2D eigenvalue weighted by Crippen LogP contribution is 2.39. The Kier molecular flexibility index (Phi) is 6.21. The van der Waals surface area contributed by atoms with Gasteiger partial charge in [0.05, 0.1) is 32.2 Å². The molecule has 1 aliphatic rings. The SMILES string of the molecule is COc1ccc(OC)c([C@@H]2CCCN2C(=O)CSc2ncc(C#N)c(N)n2)c1. The van der Waals surface area contributed by atoms with Crippen LogP contribution in [-0.4, -0.2) is 47.3 Å². The van der Waals surface area contributed by atoms with Gasteiger partial charge in [0.1, 0.15) is 28.9 Å². The van der Waals surface area contributed by atoms with Gasteiger partial charge in [-0.25, -0.2) is 9.97 Å². The molecule has 3 rings (SSSR count). The van der Waals surface area contributed by atoms with Crippen LogP contribution in [0.2, 0.25) is 0 Å². The minimum absolute atomic E-state index is 0.0103. The van der Waals surface area contributed by atoms with Crippen LogP contribution in [0, 0.1) is 11.3 Å². The Balaban J connectivity index is 1.73. The molecule has 1 saturated heterocycles. The first kappa shape index (κ1) is 19.8. The standard InChI is InChI=1S/C19H21N5O3S/c1-26-13-5-6-16(27-2)14(8-13)15-4-3-7-24(15)17(25)11-28-19-22-10-12(9-20)18(21)23-19/h5-6,8,10,15H,3-4,7,11H2,1-2H3,(H2,21,22,23)/t15-/m0/s1. The summed E-state index contributed by atoms with van der Waals surface area (Å²) in [6.07, 6.45) is 3.15. The highest BCUT2D eigenvalue weighted by atomic mass is 32.2. The molecule has 0 bridgehead atoms. The lowest BCUT2D eigenvalue weighted by atomic mass is 10.0. The number of carbonyl (C=O) groups is 1. The molecule has 0 aliphatic carbocycles. The fourth-order valence-corrected chi connectivity index (χ4v) is 3.94. The lowest BCUT2D eigenvalue weighted by molar-refractivity contribution is -0.129. The van der Waals surface area contributed by atoms with Gasteiger partial charge in [-0.05, 0) is 31.0 Å². The molecule has 0 radical (unpaired) electrons. The predicted molar refractivity (Wildman–Crippen MR) is 105 cm³/mol. The van der Waals surface area contributed by atoms with Gasteiger partial charge in [-0.2, -0.15) is 5.26 Å². The zero-order chi connectivity index (χ0) is 20.1. The number of hydrogen-bond donors (Lipinski definition) is 1. The number of likely N-dealkylation sites (tertiary alicyclic amines) is 1. The van der Waals surface area contributed by atoms with E-state index >= 15 is 0 Å². The lowest BCUT2D eigenvalue weighted by Crippen LogP contribution is -2.32. The summed E-state index contributed by atoms with van der Waals surface area (Å²) in [4.78, 5) is 22.9. The molecule has 8 nitrogen and oxygen atoms in total. The van der Waals surface area contributed by atoms with Crippen molar-refractivity contribution < 1.29 is 14.3 Å². The summed E-state index contributed by atoms with van der Waals surface area (Å²) < 4.78 is 10.8. The van der Waals surface area contributed by atoms with Crippen molar-refractivity contribution in [2.24, 2.45) is 0 Å². The number of nitrogen functional groups attached to an aromatic ring is 1. The lowest BCUT2D eigenvalue weighted by Gasteiger charge is -2.26. The van der Waals surface area contributed by atoms with Crippen molar-refractivity contribution in [1.29, 1.82) is 5.26 Å². The Morgan fingerprint density at radius 3 is 2.93 bits per heavy atom. The van der Waals surface area contributed by atoms with E-state index in [1.165, 1.54) is 18.0 Å². The number of nitriles is 1. The number of carbonyl (C=O) groups excluding carboxylic acids is 1. The summed E-state index contributed by atoms with van der Waals surface area (Å²) in [6.45, 7) is 0.681. The van der Waals surface area contributed by atoms with Crippen LogP contribution in [0.1, 0.15) is 30.0 Å². The minimum Gasteiger partial charge on any atom is -0.497 e. The van der Waals surface area contributed by atoms with E-state index < -0.39 is 0 Å². The molecule has 1 fully saturated rings. The van der Waals surface area contributed by atoms with Gasteiger partial charge in [-0.1, -0.05) is 11.8 Å². The zero-order valence-electron chi connectivity index (χ0n) is 15.7. The van der Waals surface area contributed by atoms with Gasteiger partial charge in [0.2, 0.25) is 5.91 Å². The summed E-state index contributed by atoms with van der Waals surface area (Å²) >= 11 is 1.20. The molecule has 1 aliphatic heterocycles. The first-order chi connectivity index (χ1) is 13.6. The molecule has 1 amide bonds. The van der Waals surface area contributed by atoms with E-state index in [9.17, 15) is 4.79 Å². The van der Waals surface area contributed by atoms with Gasteiger partial charge >= 0.3 is 0 Å². The van der Waals surface area contributed by atoms with Crippen LogP contribution in [0.4, 0.5) is 5.82 Å². The number of hydrogen-bond acceptors (Lipinski definition) is 8. The van der Waals surface area contributed by atoms with Crippen LogP contribution >= 0.6 is 11.8 Å². The molecule has 2 N–H and O–H groups in total. The van der Waals surface area contributed by atoms with Crippen molar-refractivity contribution in [3.05, 3.63) is 35.5 Å². The van der Waals surface area contributed by atoms with E-state index in [0.29, 0.717) is 11.7 Å². The summed E-state index contributed by atoms with van der Waals surface area (Å²) in [5, 5.41) is 9.27. The molecule has 28 heavy (non-hydrogen) atoms. The number of benzene rings is 1. The van der Waals surface area contributed by atoms with Crippen molar-refractivity contribution in [3.8, 4) is 17.6 Å². The van der Waals surface area contributed by atoms with Crippen LogP contribution in [0.25, 0.3) is 0 Å². The predicted octanol–water partition coefficient (Wildman–Crippen LogP) is 2.40. The third kappa shape index (κ3) is 4.12. The second-order valence-electron chi connectivity index (χ2n) is 6.21. The Morgan fingerprint density at radius 2 is 2.25 bits per heavy atom. The fraction of sp³-hybridized carbons (Fsp3) is 0.368. The second kappa shape index (κ2) is 8.80. The smallest absolute Gasteiger partial charge is 0.233 e. The molecule has 1 atom stereocenters. The quantitative estimate of drug-likeness (QED) is 0.582. The molecule has 0 saturated carbocycles. The maximum Gasteiger partial charge on any atom is 0.233 e. The number of amides is 1. The number of methoxy groups -OCH3 is 2. The van der Waals surface area contributed by atoms with Gasteiger partial charge in [-0.3, -0.25) is 4.79 Å². The number of thioether (sulfide) groups is 1. The summed E-state index contributed by atoms with van der Waals surface area (Å²) in [7, 11) is 3.23. The van der Waals surface area contributed by atoms with Gasteiger partial charge in [0.15, 0.2) is 5.16 Å². The van der Waals surface area contributed by atoms with Crippen LogP contribution < -0.4 is 15.2 Å². The largest absolute Gasteiger partial charge is 0.497 e. The average Bonchev–Trinajstić information content (AvgIpc) is 3.21. The Bertz CT molecular complexity index is 915. The number of rotatable bonds is 6. The molecule has 146 valence electrons. The topological polar surface area (TPSA) is 114 Å². The number of nitrogens with zero attached hydrogens (tertiary/aromatic N) is 4. The molecule has 0 spiro atoms.